The van der Waals surface area contributed by atoms with Crippen LogP contribution < -0.4 is 10.6 Å². The van der Waals surface area contributed by atoms with Gasteiger partial charge in [-0.25, -0.2) is 0 Å². The maximum atomic E-state index is 4.30. The molecule has 0 bridgehead atoms. The van der Waals surface area contributed by atoms with Crippen molar-refractivity contribution in [1.82, 2.24) is 20.6 Å². The fourth-order valence-electron chi connectivity index (χ4n) is 2.72. The minimum atomic E-state index is 0. The number of pyridine rings is 1. The number of aliphatic imine (C=N–C) groups is 1. The zero-order chi connectivity index (χ0) is 16.8. The highest BCUT2D eigenvalue weighted by Crippen LogP contribution is 2.19. The van der Waals surface area contributed by atoms with Crippen LogP contribution in [0.2, 0.25) is 0 Å². The van der Waals surface area contributed by atoms with Crippen LogP contribution in [0.3, 0.4) is 0 Å². The van der Waals surface area contributed by atoms with Crippen molar-refractivity contribution in [3.63, 3.8) is 0 Å². The standard InChI is InChI=1S/C19H23N5.HI/c1-14-6-7-17-15(12-23-18(17)11-14)8-10-22-19(20-2)24-13-16-5-3-4-9-21-16;/h3-7,9,11-12,23H,8,10,13H2,1-2H3,(H2,20,22,24);1H. The van der Waals surface area contributed by atoms with Crippen molar-refractivity contribution in [3.8, 4) is 0 Å². The summed E-state index contributed by atoms with van der Waals surface area (Å²) in [5.41, 5.74) is 4.78. The lowest BCUT2D eigenvalue weighted by molar-refractivity contribution is 0.785. The Hall–Kier alpha value is -2.09. The lowest BCUT2D eigenvalue weighted by atomic mass is 10.1. The van der Waals surface area contributed by atoms with Crippen molar-refractivity contribution in [1.29, 1.82) is 0 Å². The fraction of sp³-hybridized carbons (Fsp3) is 0.263. The summed E-state index contributed by atoms with van der Waals surface area (Å²) in [6.07, 6.45) is 4.83. The van der Waals surface area contributed by atoms with Crippen LogP contribution in [0.5, 0.6) is 0 Å². The van der Waals surface area contributed by atoms with Gasteiger partial charge in [-0.1, -0.05) is 18.2 Å². The third-order valence-electron chi connectivity index (χ3n) is 4.00. The fourth-order valence-corrected chi connectivity index (χ4v) is 2.72. The number of rotatable bonds is 5. The SMILES string of the molecule is CN=C(NCCc1c[nH]c2cc(C)ccc12)NCc1ccccn1.I. The molecule has 0 aliphatic heterocycles. The number of aromatic nitrogens is 2. The summed E-state index contributed by atoms with van der Waals surface area (Å²) >= 11 is 0. The van der Waals surface area contributed by atoms with Crippen LogP contribution in [0.15, 0.2) is 53.8 Å². The van der Waals surface area contributed by atoms with Crippen molar-refractivity contribution in [2.45, 2.75) is 19.9 Å². The van der Waals surface area contributed by atoms with E-state index in [2.05, 4.69) is 56.9 Å². The Labute approximate surface area is 165 Å². The van der Waals surface area contributed by atoms with Crippen LogP contribution in [-0.4, -0.2) is 29.5 Å². The molecule has 3 N–H and O–H groups in total. The van der Waals surface area contributed by atoms with Crippen LogP contribution in [0, 0.1) is 6.92 Å². The first kappa shape index (κ1) is 19.2. The van der Waals surface area contributed by atoms with E-state index >= 15 is 0 Å². The van der Waals surface area contributed by atoms with Gasteiger partial charge in [0.1, 0.15) is 0 Å². The molecule has 0 unspecified atom stereocenters. The van der Waals surface area contributed by atoms with E-state index in [1.807, 2.05) is 18.2 Å². The largest absolute Gasteiger partial charge is 0.361 e. The van der Waals surface area contributed by atoms with Gasteiger partial charge in [0.05, 0.1) is 12.2 Å². The molecule has 0 radical (unpaired) electrons. The molecule has 0 spiro atoms. The predicted octanol–water partition coefficient (Wildman–Crippen LogP) is 3.40. The van der Waals surface area contributed by atoms with Gasteiger partial charge in [0.25, 0.3) is 0 Å². The molecule has 3 aromatic rings. The van der Waals surface area contributed by atoms with E-state index in [-0.39, 0.29) is 24.0 Å². The number of benzene rings is 1. The minimum absolute atomic E-state index is 0. The molecule has 25 heavy (non-hydrogen) atoms. The summed E-state index contributed by atoms with van der Waals surface area (Å²) in [7, 11) is 1.78. The molecule has 0 atom stereocenters. The number of nitrogens with one attached hydrogen (secondary N) is 3. The molecule has 0 saturated carbocycles. The molecule has 6 heteroatoms. The molecule has 0 saturated heterocycles. The topological polar surface area (TPSA) is 65.1 Å². The van der Waals surface area contributed by atoms with Crippen molar-refractivity contribution < 1.29 is 0 Å². The molecule has 132 valence electrons. The summed E-state index contributed by atoms with van der Waals surface area (Å²) < 4.78 is 0. The smallest absolute Gasteiger partial charge is 0.191 e. The number of fused-ring (bicyclic) bond motifs is 1. The van der Waals surface area contributed by atoms with E-state index in [9.17, 15) is 0 Å². The van der Waals surface area contributed by atoms with Gasteiger partial charge in [-0.2, -0.15) is 0 Å². The van der Waals surface area contributed by atoms with Gasteiger partial charge >= 0.3 is 0 Å². The molecule has 0 aliphatic carbocycles. The number of guanidine groups is 1. The average Bonchev–Trinajstić information content (AvgIpc) is 3.01. The Bertz CT molecular complexity index is 826. The summed E-state index contributed by atoms with van der Waals surface area (Å²) in [4.78, 5) is 11.9. The second kappa shape index (κ2) is 9.41. The van der Waals surface area contributed by atoms with Crippen molar-refractivity contribution in [3.05, 3.63) is 65.6 Å². The van der Waals surface area contributed by atoms with Crippen LogP contribution in [0.1, 0.15) is 16.8 Å². The highest BCUT2D eigenvalue weighted by Gasteiger charge is 2.04. The Morgan fingerprint density at radius 1 is 1.20 bits per heavy atom. The number of halogens is 1. The highest BCUT2D eigenvalue weighted by molar-refractivity contribution is 14.0. The first-order valence-corrected chi connectivity index (χ1v) is 8.17. The third-order valence-corrected chi connectivity index (χ3v) is 4.00. The average molecular weight is 449 g/mol. The van der Waals surface area contributed by atoms with E-state index in [1.165, 1.54) is 22.0 Å². The van der Waals surface area contributed by atoms with Gasteiger partial charge in [0, 0.05) is 36.9 Å². The Morgan fingerprint density at radius 2 is 2.08 bits per heavy atom. The summed E-state index contributed by atoms with van der Waals surface area (Å²) in [6, 6.07) is 12.4. The number of nitrogens with zero attached hydrogens (tertiary/aromatic N) is 2. The van der Waals surface area contributed by atoms with E-state index in [4.69, 9.17) is 0 Å². The van der Waals surface area contributed by atoms with Gasteiger partial charge in [-0.05, 0) is 42.7 Å². The monoisotopic (exact) mass is 449 g/mol. The Morgan fingerprint density at radius 3 is 2.84 bits per heavy atom. The second-order valence-electron chi connectivity index (χ2n) is 5.79. The van der Waals surface area contributed by atoms with Gasteiger partial charge in [0.2, 0.25) is 0 Å². The quantitative estimate of drug-likeness (QED) is 0.318. The molecule has 0 fully saturated rings. The van der Waals surface area contributed by atoms with Gasteiger partial charge in [0.15, 0.2) is 5.96 Å². The zero-order valence-electron chi connectivity index (χ0n) is 14.5. The normalized spacial score (nSPS) is 11.2. The van der Waals surface area contributed by atoms with Gasteiger partial charge in [-0.3, -0.25) is 9.98 Å². The van der Waals surface area contributed by atoms with Crippen LogP contribution in [-0.2, 0) is 13.0 Å². The summed E-state index contributed by atoms with van der Waals surface area (Å²) in [5, 5.41) is 7.92. The van der Waals surface area contributed by atoms with Crippen molar-refractivity contribution in [2.75, 3.05) is 13.6 Å². The van der Waals surface area contributed by atoms with Crippen molar-refractivity contribution >= 4 is 40.8 Å². The predicted molar refractivity (Wildman–Crippen MR) is 115 cm³/mol. The number of hydrogen-bond acceptors (Lipinski definition) is 2. The molecule has 1 aromatic carbocycles. The molecular formula is C19H24IN5. The maximum absolute atomic E-state index is 4.30. The summed E-state index contributed by atoms with van der Waals surface area (Å²) in [5.74, 6) is 0.788. The number of aryl methyl sites for hydroxylation is 1. The first-order chi connectivity index (χ1) is 11.8. The number of H-pyrrole nitrogens is 1. The van der Waals surface area contributed by atoms with Crippen LogP contribution in [0.25, 0.3) is 10.9 Å². The maximum Gasteiger partial charge on any atom is 0.191 e. The Kier molecular flexibility index (Phi) is 7.24. The number of hydrogen-bond donors (Lipinski definition) is 3. The van der Waals surface area contributed by atoms with Crippen LogP contribution in [0.4, 0.5) is 0 Å². The van der Waals surface area contributed by atoms with Gasteiger partial charge < -0.3 is 15.6 Å². The first-order valence-electron chi connectivity index (χ1n) is 8.17. The van der Waals surface area contributed by atoms with E-state index < -0.39 is 0 Å². The molecular weight excluding hydrogens is 425 g/mol. The highest BCUT2D eigenvalue weighted by atomic mass is 127. The van der Waals surface area contributed by atoms with Crippen molar-refractivity contribution in [2.24, 2.45) is 4.99 Å². The lowest BCUT2D eigenvalue weighted by Gasteiger charge is -2.11. The van der Waals surface area contributed by atoms with E-state index in [1.54, 1.807) is 13.2 Å². The molecule has 2 aromatic heterocycles. The Balaban J connectivity index is 0.00000225. The molecule has 3 rings (SSSR count). The molecule has 0 aliphatic rings. The number of aromatic amines is 1. The van der Waals surface area contributed by atoms with Gasteiger partial charge in [-0.15, -0.1) is 24.0 Å². The van der Waals surface area contributed by atoms with Crippen LogP contribution >= 0.6 is 24.0 Å². The lowest BCUT2D eigenvalue weighted by Crippen LogP contribution is -2.38. The second-order valence-corrected chi connectivity index (χ2v) is 5.79. The van der Waals surface area contributed by atoms with E-state index in [0.29, 0.717) is 6.54 Å². The molecule has 5 nitrogen and oxygen atoms in total. The third kappa shape index (κ3) is 5.19. The minimum Gasteiger partial charge on any atom is -0.361 e. The molecule has 0 amide bonds. The van der Waals surface area contributed by atoms with E-state index in [0.717, 1.165) is 24.6 Å². The summed E-state index contributed by atoms with van der Waals surface area (Å²) in [6.45, 7) is 3.59. The zero-order valence-corrected chi connectivity index (χ0v) is 16.9. The molecule has 2 heterocycles.